The van der Waals surface area contributed by atoms with Crippen LogP contribution in [0.1, 0.15) is 30.1 Å². The zero-order valence-electron chi connectivity index (χ0n) is 16.1. The summed E-state index contributed by atoms with van der Waals surface area (Å²) < 4.78 is 1.61. The Morgan fingerprint density at radius 3 is 2.57 bits per heavy atom. The number of carbonyl (C=O) groups excluding carboxylic acids is 2. The normalized spacial score (nSPS) is 16.0. The Morgan fingerprint density at radius 1 is 1.29 bits per heavy atom. The molecule has 0 spiro atoms. The van der Waals surface area contributed by atoms with Crippen LogP contribution in [0.15, 0.2) is 41.6 Å². The predicted molar refractivity (Wildman–Crippen MR) is 112 cm³/mol. The summed E-state index contributed by atoms with van der Waals surface area (Å²) in [5, 5.41) is 7.55. The highest BCUT2D eigenvalue weighted by molar-refractivity contribution is 8.00. The number of nitrogens with one attached hydrogen (secondary N) is 1. The molecule has 1 saturated heterocycles. The molecular weight excluding hydrogens is 396 g/mol. The highest BCUT2D eigenvalue weighted by Gasteiger charge is 2.26. The van der Waals surface area contributed by atoms with Crippen molar-refractivity contribution in [2.45, 2.75) is 29.9 Å². The van der Waals surface area contributed by atoms with Crippen molar-refractivity contribution in [1.29, 1.82) is 0 Å². The Balaban J connectivity index is 1.42. The number of halogens is 1. The molecule has 1 atom stereocenters. The van der Waals surface area contributed by atoms with E-state index >= 15 is 0 Å². The summed E-state index contributed by atoms with van der Waals surface area (Å²) >= 11 is 7.47. The number of thioether (sulfide) groups is 1. The number of hydrogen-bond acceptors (Lipinski definition) is 4. The molecule has 150 valence electrons. The maximum absolute atomic E-state index is 12.7. The molecule has 3 rings (SSSR count). The standard InChI is InChI=1S/C20H25ClN4O2S/c1-14(28-18-5-3-17(21)4-6-18)20(27)25-9-7-15(8-10-25)11-22-19(26)16-12-23-24(2)13-16/h3-6,12-15H,7-11H2,1-2H3,(H,22,26). The van der Waals surface area contributed by atoms with Crippen LogP contribution >= 0.6 is 23.4 Å². The molecule has 1 N–H and O–H groups in total. The number of likely N-dealkylation sites (tertiary alicyclic amines) is 1. The first kappa shape index (κ1) is 20.7. The zero-order valence-corrected chi connectivity index (χ0v) is 17.7. The molecule has 1 aliphatic rings. The minimum absolute atomic E-state index is 0.0976. The molecular formula is C20H25ClN4O2S. The summed E-state index contributed by atoms with van der Waals surface area (Å²) in [5.41, 5.74) is 0.572. The fourth-order valence-electron chi connectivity index (χ4n) is 3.26. The SMILES string of the molecule is CC(Sc1ccc(Cl)cc1)C(=O)N1CCC(CNC(=O)c2cnn(C)c2)CC1. The minimum Gasteiger partial charge on any atom is -0.352 e. The topological polar surface area (TPSA) is 67.2 Å². The van der Waals surface area contributed by atoms with E-state index in [2.05, 4.69) is 10.4 Å². The van der Waals surface area contributed by atoms with Crippen LogP contribution in [0.4, 0.5) is 0 Å². The van der Waals surface area contributed by atoms with Crippen LogP contribution in [0.3, 0.4) is 0 Å². The molecule has 2 heterocycles. The van der Waals surface area contributed by atoms with Gasteiger partial charge in [0, 0.05) is 42.8 Å². The lowest BCUT2D eigenvalue weighted by Crippen LogP contribution is -2.44. The lowest BCUT2D eigenvalue weighted by atomic mass is 9.96. The van der Waals surface area contributed by atoms with Crippen molar-refractivity contribution >= 4 is 35.2 Å². The van der Waals surface area contributed by atoms with Gasteiger partial charge in [0.15, 0.2) is 0 Å². The summed E-state index contributed by atoms with van der Waals surface area (Å²) in [6, 6.07) is 7.56. The molecule has 1 aromatic heterocycles. The van der Waals surface area contributed by atoms with Gasteiger partial charge in [0.25, 0.3) is 5.91 Å². The van der Waals surface area contributed by atoms with Crippen LogP contribution < -0.4 is 5.32 Å². The Bertz CT molecular complexity index is 816. The van der Waals surface area contributed by atoms with E-state index in [0.717, 1.165) is 30.8 Å². The first-order valence-electron chi connectivity index (χ1n) is 9.40. The highest BCUT2D eigenvalue weighted by Crippen LogP contribution is 2.27. The van der Waals surface area contributed by atoms with E-state index in [1.54, 1.807) is 35.9 Å². The third kappa shape index (κ3) is 5.52. The van der Waals surface area contributed by atoms with Gasteiger partial charge in [-0.2, -0.15) is 5.10 Å². The molecule has 6 nitrogen and oxygen atoms in total. The fourth-order valence-corrected chi connectivity index (χ4v) is 4.34. The van der Waals surface area contributed by atoms with Crippen LogP contribution in [0.25, 0.3) is 0 Å². The molecule has 8 heteroatoms. The molecule has 0 radical (unpaired) electrons. The van der Waals surface area contributed by atoms with Gasteiger partial charge in [0.05, 0.1) is 17.0 Å². The van der Waals surface area contributed by atoms with Crippen molar-refractivity contribution in [1.82, 2.24) is 20.0 Å². The number of aromatic nitrogens is 2. The minimum atomic E-state index is -0.136. The van der Waals surface area contributed by atoms with Crippen LogP contribution in [-0.2, 0) is 11.8 Å². The molecule has 28 heavy (non-hydrogen) atoms. The third-order valence-corrected chi connectivity index (χ3v) is 6.27. The largest absolute Gasteiger partial charge is 0.352 e. The first-order valence-corrected chi connectivity index (χ1v) is 10.7. The number of benzene rings is 1. The molecule has 1 fully saturated rings. The van der Waals surface area contributed by atoms with Crippen LogP contribution in [-0.4, -0.2) is 51.4 Å². The second-order valence-electron chi connectivity index (χ2n) is 7.10. The van der Waals surface area contributed by atoms with Crippen molar-refractivity contribution in [2.75, 3.05) is 19.6 Å². The molecule has 0 bridgehead atoms. The number of hydrogen-bond donors (Lipinski definition) is 1. The van der Waals surface area contributed by atoms with E-state index in [1.165, 1.54) is 0 Å². The quantitative estimate of drug-likeness (QED) is 0.728. The third-order valence-electron chi connectivity index (χ3n) is 4.92. The van der Waals surface area contributed by atoms with Gasteiger partial charge in [0.1, 0.15) is 0 Å². The number of carbonyl (C=O) groups is 2. The molecule has 2 amide bonds. The van der Waals surface area contributed by atoms with E-state index in [9.17, 15) is 9.59 Å². The van der Waals surface area contributed by atoms with Crippen molar-refractivity contribution in [3.63, 3.8) is 0 Å². The summed E-state index contributed by atoms with van der Waals surface area (Å²) in [5.74, 6) is 0.460. The monoisotopic (exact) mass is 420 g/mol. The number of amides is 2. The van der Waals surface area contributed by atoms with Gasteiger partial charge in [-0.15, -0.1) is 11.8 Å². The lowest BCUT2D eigenvalue weighted by Gasteiger charge is -2.33. The summed E-state index contributed by atoms with van der Waals surface area (Å²) in [4.78, 5) is 27.8. The van der Waals surface area contributed by atoms with Crippen LogP contribution in [0, 0.1) is 5.92 Å². The molecule has 1 aromatic carbocycles. The van der Waals surface area contributed by atoms with Gasteiger partial charge >= 0.3 is 0 Å². The van der Waals surface area contributed by atoms with Crippen LogP contribution in [0.2, 0.25) is 5.02 Å². The molecule has 0 aliphatic carbocycles. The first-order chi connectivity index (χ1) is 13.4. The Morgan fingerprint density at radius 2 is 1.96 bits per heavy atom. The van der Waals surface area contributed by atoms with Gasteiger partial charge < -0.3 is 10.2 Å². The Kier molecular flexibility index (Phi) is 7.02. The van der Waals surface area contributed by atoms with E-state index in [-0.39, 0.29) is 17.1 Å². The maximum atomic E-state index is 12.7. The van der Waals surface area contributed by atoms with Gasteiger partial charge in [-0.3, -0.25) is 14.3 Å². The van der Waals surface area contributed by atoms with Crippen LogP contribution in [0.5, 0.6) is 0 Å². The second-order valence-corrected chi connectivity index (χ2v) is 8.95. The molecule has 1 aliphatic heterocycles. The van der Waals surface area contributed by atoms with Crippen molar-refractivity contribution in [2.24, 2.45) is 13.0 Å². The summed E-state index contributed by atoms with van der Waals surface area (Å²) in [6.07, 6.45) is 5.07. The predicted octanol–water partition coefficient (Wildman–Crippen LogP) is 3.22. The number of rotatable bonds is 6. The number of aryl methyl sites for hydroxylation is 1. The average molecular weight is 421 g/mol. The second kappa shape index (κ2) is 9.47. The van der Waals surface area contributed by atoms with Gasteiger partial charge in [-0.05, 0) is 49.9 Å². The summed E-state index contributed by atoms with van der Waals surface area (Å²) in [6.45, 7) is 4.04. The van der Waals surface area contributed by atoms with E-state index in [0.29, 0.717) is 23.0 Å². The van der Waals surface area contributed by atoms with E-state index < -0.39 is 0 Å². The zero-order chi connectivity index (χ0) is 20.1. The summed E-state index contributed by atoms with van der Waals surface area (Å²) in [7, 11) is 1.79. The lowest BCUT2D eigenvalue weighted by molar-refractivity contribution is -0.131. The van der Waals surface area contributed by atoms with E-state index in [1.807, 2.05) is 36.1 Å². The average Bonchev–Trinajstić information content (AvgIpc) is 3.14. The number of nitrogens with zero attached hydrogens (tertiary/aromatic N) is 3. The van der Waals surface area contributed by atoms with E-state index in [4.69, 9.17) is 11.6 Å². The smallest absolute Gasteiger partial charge is 0.254 e. The van der Waals surface area contributed by atoms with Crippen molar-refractivity contribution in [3.8, 4) is 0 Å². The maximum Gasteiger partial charge on any atom is 0.254 e. The van der Waals surface area contributed by atoms with Gasteiger partial charge in [-0.25, -0.2) is 0 Å². The number of piperidine rings is 1. The molecule has 2 aromatic rings. The van der Waals surface area contributed by atoms with Gasteiger partial charge in [-0.1, -0.05) is 11.6 Å². The Hall–Kier alpha value is -1.99. The van der Waals surface area contributed by atoms with Gasteiger partial charge in [0.2, 0.25) is 5.91 Å². The highest BCUT2D eigenvalue weighted by atomic mass is 35.5. The molecule has 1 unspecified atom stereocenters. The van der Waals surface area contributed by atoms with Crippen molar-refractivity contribution < 1.29 is 9.59 Å². The van der Waals surface area contributed by atoms with Crippen molar-refractivity contribution in [3.05, 3.63) is 47.2 Å². The fraction of sp³-hybridized carbons (Fsp3) is 0.450. The molecule has 0 saturated carbocycles. The Labute approximate surface area is 174 Å².